The van der Waals surface area contributed by atoms with E-state index >= 15 is 0 Å². The second-order valence-electron chi connectivity index (χ2n) is 7.38. The molecule has 4 aliphatic rings. The van der Waals surface area contributed by atoms with Gasteiger partial charge in [-0.2, -0.15) is 0 Å². The molecule has 0 amide bonds. The van der Waals surface area contributed by atoms with E-state index in [4.69, 9.17) is 30.4 Å². The molecule has 24 heavy (non-hydrogen) atoms. The van der Waals surface area contributed by atoms with Crippen LogP contribution in [0.25, 0.3) is 0 Å². The Morgan fingerprint density at radius 3 is 1.04 bits per heavy atom. The van der Waals surface area contributed by atoms with E-state index in [1.165, 1.54) is 22.3 Å². The summed E-state index contributed by atoms with van der Waals surface area (Å²) in [6.45, 7) is 3.31. The number of rotatable bonds is 8. The van der Waals surface area contributed by atoms with Gasteiger partial charge in [-0.3, -0.25) is 0 Å². The molecule has 1 aromatic rings. The van der Waals surface area contributed by atoms with Gasteiger partial charge in [0.2, 0.25) is 0 Å². The fourth-order valence-electron chi connectivity index (χ4n) is 3.63. The molecule has 0 spiro atoms. The smallest absolute Gasteiger partial charge is 0.0851 e. The molecule has 0 saturated carbocycles. The average molecular weight is 332 g/mol. The Bertz CT molecular complexity index is 605. The van der Waals surface area contributed by atoms with Crippen molar-refractivity contribution >= 4 is 11.4 Å². The Labute approximate surface area is 141 Å². The van der Waals surface area contributed by atoms with Crippen LogP contribution < -0.4 is 11.5 Å². The molecule has 4 heterocycles. The van der Waals surface area contributed by atoms with Gasteiger partial charge in [0.1, 0.15) is 0 Å². The van der Waals surface area contributed by atoms with Crippen LogP contribution in [0.2, 0.25) is 0 Å². The molecular formula is C18H24N2O4. The van der Waals surface area contributed by atoms with E-state index in [0.29, 0.717) is 12.2 Å². The van der Waals surface area contributed by atoms with Crippen LogP contribution in [0.1, 0.15) is 22.3 Å². The third kappa shape index (κ3) is 3.11. The van der Waals surface area contributed by atoms with Crippen molar-refractivity contribution in [3.63, 3.8) is 0 Å². The summed E-state index contributed by atoms with van der Waals surface area (Å²) < 4.78 is 21.9. The van der Waals surface area contributed by atoms with Crippen LogP contribution in [-0.2, 0) is 44.6 Å². The highest BCUT2D eigenvalue weighted by molar-refractivity contribution is 5.76. The molecule has 4 fully saturated rings. The Hall–Kier alpha value is -1.34. The number of benzene rings is 1. The minimum atomic E-state index is 0.285. The molecule has 0 radical (unpaired) electrons. The van der Waals surface area contributed by atoms with E-state index in [1.807, 2.05) is 0 Å². The molecule has 6 heteroatoms. The maximum absolute atomic E-state index is 6.47. The van der Waals surface area contributed by atoms with E-state index in [9.17, 15) is 0 Å². The van der Waals surface area contributed by atoms with E-state index in [-0.39, 0.29) is 12.2 Å². The van der Waals surface area contributed by atoms with Gasteiger partial charge >= 0.3 is 0 Å². The number of epoxide rings is 4. The van der Waals surface area contributed by atoms with Crippen molar-refractivity contribution in [2.75, 3.05) is 37.9 Å². The standard InChI is InChI=1S/C18H24N2O4/c19-17-15(3-11-7-23-11)13(1-9-5-21-9)14(2-10-6-22-10)16(18(17)20)4-12-8-24-12/h9-12H,1-8,19-20H2. The Kier molecular flexibility index (Phi) is 3.49. The summed E-state index contributed by atoms with van der Waals surface area (Å²) in [5, 5.41) is 0. The highest BCUT2D eigenvalue weighted by Crippen LogP contribution is 2.40. The highest BCUT2D eigenvalue weighted by Gasteiger charge is 2.35. The molecule has 5 rings (SSSR count). The SMILES string of the molecule is Nc1c(N)c(CC2CO2)c(CC2CO2)c(CC2CO2)c1CC1CO1. The second kappa shape index (κ2) is 5.59. The highest BCUT2D eigenvalue weighted by atomic mass is 16.6. The van der Waals surface area contributed by atoms with Gasteiger partial charge < -0.3 is 30.4 Å². The molecule has 4 saturated heterocycles. The van der Waals surface area contributed by atoms with Crippen LogP contribution in [0.4, 0.5) is 11.4 Å². The lowest BCUT2D eigenvalue weighted by Gasteiger charge is -2.23. The average Bonchev–Trinajstić information content (AvgIpc) is 3.42. The topological polar surface area (TPSA) is 102 Å². The number of hydrogen-bond donors (Lipinski definition) is 2. The summed E-state index contributed by atoms with van der Waals surface area (Å²) in [5.41, 5.74) is 19.4. The van der Waals surface area contributed by atoms with Gasteiger partial charge in [-0.25, -0.2) is 0 Å². The summed E-state index contributed by atoms with van der Waals surface area (Å²) in [5.74, 6) is 0. The number of nitrogens with two attached hydrogens (primary N) is 2. The van der Waals surface area contributed by atoms with Crippen LogP contribution in [0.5, 0.6) is 0 Å². The molecule has 1 aromatic carbocycles. The van der Waals surface area contributed by atoms with Crippen molar-refractivity contribution < 1.29 is 18.9 Å². The van der Waals surface area contributed by atoms with Crippen LogP contribution >= 0.6 is 0 Å². The normalized spacial score (nSPS) is 32.7. The van der Waals surface area contributed by atoms with Crippen LogP contribution in [0, 0.1) is 0 Å². The minimum absolute atomic E-state index is 0.285. The van der Waals surface area contributed by atoms with Crippen molar-refractivity contribution in [3.05, 3.63) is 22.3 Å². The number of anilines is 2. The first-order valence-corrected chi connectivity index (χ1v) is 8.86. The first kappa shape index (κ1) is 15.0. The monoisotopic (exact) mass is 332 g/mol. The van der Waals surface area contributed by atoms with Gasteiger partial charge in [-0.1, -0.05) is 0 Å². The molecular weight excluding hydrogens is 308 g/mol. The maximum Gasteiger partial charge on any atom is 0.0851 e. The molecule has 4 atom stereocenters. The van der Waals surface area contributed by atoms with E-state index in [2.05, 4.69) is 0 Å². The van der Waals surface area contributed by atoms with Crippen LogP contribution in [0.3, 0.4) is 0 Å². The predicted octanol–water partition coefficient (Wildman–Crippen LogP) is 0.616. The van der Waals surface area contributed by atoms with Crippen molar-refractivity contribution in [2.24, 2.45) is 0 Å². The lowest BCUT2D eigenvalue weighted by atomic mass is 9.84. The number of ether oxygens (including phenoxy) is 4. The molecule has 6 nitrogen and oxygen atoms in total. The summed E-state index contributed by atoms with van der Waals surface area (Å²) >= 11 is 0. The van der Waals surface area contributed by atoms with E-state index < -0.39 is 0 Å². The quantitative estimate of drug-likeness (QED) is 0.534. The fourth-order valence-corrected chi connectivity index (χ4v) is 3.63. The first-order chi connectivity index (χ1) is 11.7. The van der Waals surface area contributed by atoms with Crippen molar-refractivity contribution in [1.82, 2.24) is 0 Å². The molecule has 4 unspecified atom stereocenters. The predicted molar refractivity (Wildman–Crippen MR) is 89.0 cm³/mol. The maximum atomic E-state index is 6.47. The summed E-state index contributed by atoms with van der Waals surface area (Å²) in [7, 11) is 0. The first-order valence-electron chi connectivity index (χ1n) is 8.86. The third-order valence-corrected chi connectivity index (χ3v) is 5.37. The zero-order valence-electron chi connectivity index (χ0n) is 13.8. The number of nitrogen functional groups attached to an aromatic ring is 2. The zero-order valence-corrected chi connectivity index (χ0v) is 13.8. The zero-order chi connectivity index (χ0) is 16.3. The second-order valence-corrected chi connectivity index (χ2v) is 7.38. The molecule has 4 N–H and O–H groups in total. The lowest BCUT2D eigenvalue weighted by Crippen LogP contribution is -2.17. The van der Waals surface area contributed by atoms with Gasteiger partial charge in [-0.15, -0.1) is 0 Å². The molecule has 0 aromatic heterocycles. The summed E-state index contributed by atoms with van der Waals surface area (Å²) in [4.78, 5) is 0. The lowest BCUT2D eigenvalue weighted by molar-refractivity contribution is 0.395. The Morgan fingerprint density at radius 1 is 0.542 bits per heavy atom. The van der Waals surface area contributed by atoms with Crippen molar-refractivity contribution in [1.29, 1.82) is 0 Å². The van der Waals surface area contributed by atoms with E-state index in [0.717, 1.165) is 63.5 Å². The van der Waals surface area contributed by atoms with Gasteiger partial charge in [0.15, 0.2) is 0 Å². The fraction of sp³-hybridized carbons (Fsp3) is 0.667. The van der Waals surface area contributed by atoms with Crippen LogP contribution in [0.15, 0.2) is 0 Å². The minimum Gasteiger partial charge on any atom is -0.397 e. The Balaban J connectivity index is 1.59. The van der Waals surface area contributed by atoms with Crippen LogP contribution in [-0.4, -0.2) is 50.8 Å². The molecule has 4 aliphatic heterocycles. The largest absolute Gasteiger partial charge is 0.397 e. The van der Waals surface area contributed by atoms with Gasteiger partial charge in [-0.05, 0) is 22.3 Å². The van der Waals surface area contributed by atoms with Crippen molar-refractivity contribution in [2.45, 2.75) is 50.1 Å². The van der Waals surface area contributed by atoms with Gasteiger partial charge in [0.25, 0.3) is 0 Å². The molecule has 0 bridgehead atoms. The Morgan fingerprint density at radius 2 is 0.792 bits per heavy atom. The number of hydrogen-bond acceptors (Lipinski definition) is 6. The third-order valence-electron chi connectivity index (χ3n) is 5.37. The molecule has 130 valence electrons. The van der Waals surface area contributed by atoms with Gasteiger partial charge in [0, 0.05) is 25.7 Å². The van der Waals surface area contributed by atoms with E-state index in [1.54, 1.807) is 0 Å². The van der Waals surface area contributed by atoms with Crippen molar-refractivity contribution in [3.8, 4) is 0 Å². The summed E-state index contributed by atoms with van der Waals surface area (Å²) in [6, 6.07) is 0. The summed E-state index contributed by atoms with van der Waals surface area (Å²) in [6.07, 6.45) is 4.71. The van der Waals surface area contributed by atoms with Gasteiger partial charge in [0.05, 0.1) is 62.2 Å². The molecule has 0 aliphatic carbocycles.